The van der Waals surface area contributed by atoms with Crippen molar-refractivity contribution in [3.63, 3.8) is 0 Å². The van der Waals surface area contributed by atoms with Crippen molar-refractivity contribution in [1.29, 1.82) is 0 Å². The molecule has 0 amide bonds. The second-order valence-electron chi connectivity index (χ2n) is 6.35. The van der Waals surface area contributed by atoms with E-state index in [1.54, 1.807) is 31.4 Å². The lowest BCUT2D eigenvalue weighted by atomic mass is 10.0. The molecule has 0 spiro atoms. The molecule has 0 saturated heterocycles. The number of carbonyl (C=O) groups is 1. The summed E-state index contributed by atoms with van der Waals surface area (Å²) in [5.41, 5.74) is 2.61. The average Bonchev–Trinajstić information content (AvgIpc) is 3.09. The zero-order valence-electron chi connectivity index (χ0n) is 14.6. The zero-order chi connectivity index (χ0) is 19.0. The number of ketones is 1. The van der Waals surface area contributed by atoms with E-state index in [9.17, 15) is 14.0 Å². The fourth-order valence-corrected chi connectivity index (χ4v) is 3.04. The molecule has 2 aromatic carbocycles. The van der Waals surface area contributed by atoms with Gasteiger partial charge in [0.2, 0.25) is 0 Å². The minimum absolute atomic E-state index is 0.133. The summed E-state index contributed by atoms with van der Waals surface area (Å²) in [5.74, 6) is -0.522. The highest BCUT2D eigenvalue weighted by molar-refractivity contribution is 6.08. The van der Waals surface area contributed by atoms with Crippen LogP contribution in [-0.2, 0) is 13.6 Å². The van der Waals surface area contributed by atoms with Gasteiger partial charge in [-0.15, -0.1) is 0 Å². The van der Waals surface area contributed by atoms with Gasteiger partial charge < -0.3 is 4.57 Å². The van der Waals surface area contributed by atoms with E-state index in [0.717, 1.165) is 11.1 Å². The lowest BCUT2D eigenvalue weighted by molar-refractivity contribution is 0.103. The molecule has 0 fully saturated rings. The fraction of sp³-hybridized carbons (Fsp3) is 0.0952. The summed E-state index contributed by atoms with van der Waals surface area (Å²) in [6.07, 6.45) is 3.52. The molecule has 0 N–H and O–H groups in total. The molecule has 4 aromatic rings. The van der Waals surface area contributed by atoms with Crippen LogP contribution in [0.2, 0.25) is 0 Å². The summed E-state index contributed by atoms with van der Waals surface area (Å²) in [7, 11) is 1.62. The Kier molecular flexibility index (Phi) is 4.16. The molecule has 6 heteroatoms. The molecule has 0 radical (unpaired) electrons. The van der Waals surface area contributed by atoms with Gasteiger partial charge in [0, 0.05) is 30.9 Å². The molecule has 27 heavy (non-hydrogen) atoms. The summed E-state index contributed by atoms with van der Waals surface area (Å²) >= 11 is 0. The van der Waals surface area contributed by atoms with Gasteiger partial charge in [-0.2, -0.15) is 5.10 Å². The Morgan fingerprint density at radius 3 is 2.30 bits per heavy atom. The maximum Gasteiger partial charge on any atom is 0.275 e. The van der Waals surface area contributed by atoms with Gasteiger partial charge in [0.05, 0.1) is 17.1 Å². The molecule has 0 saturated carbocycles. The van der Waals surface area contributed by atoms with E-state index >= 15 is 0 Å². The number of hydrogen-bond acceptors (Lipinski definition) is 3. The minimum atomic E-state index is -0.370. The highest BCUT2D eigenvalue weighted by Crippen LogP contribution is 2.15. The molecule has 4 rings (SSSR count). The molecule has 2 aromatic heterocycles. The topological polar surface area (TPSA) is 56.9 Å². The molecule has 0 unspecified atom stereocenters. The fourth-order valence-electron chi connectivity index (χ4n) is 3.04. The lowest BCUT2D eigenvalue weighted by Crippen LogP contribution is -2.18. The van der Waals surface area contributed by atoms with E-state index in [2.05, 4.69) is 5.10 Å². The third kappa shape index (κ3) is 3.17. The molecular weight excluding hydrogens is 345 g/mol. The molecule has 0 aliphatic heterocycles. The van der Waals surface area contributed by atoms with Gasteiger partial charge >= 0.3 is 0 Å². The van der Waals surface area contributed by atoms with Crippen molar-refractivity contribution in [1.82, 2.24) is 14.3 Å². The molecule has 134 valence electrons. The predicted octanol–water partition coefficient (Wildman–Crippen LogP) is 3.15. The number of aromatic nitrogens is 3. The van der Waals surface area contributed by atoms with E-state index in [-0.39, 0.29) is 17.2 Å². The maximum atomic E-state index is 13.0. The van der Waals surface area contributed by atoms with E-state index in [1.165, 1.54) is 28.9 Å². The predicted molar refractivity (Wildman–Crippen MR) is 100 cm³/mol. The van der Waals surface area contributed by atoms with Crippen molar-refractivity contribution in [3.05, 3.63) is 99.9 Å². The zero-order valence-corrected chi connectivity index (χ0v) is 14.6. The Bertz CT molecular complexity index is 1190. The van der Waals surface area contributed by atoms with Crippen molar-refractivity contribution in [2.45, 2.75) is 6.54 Å². The Balaban J connectivity index is 1.58. The van der Waals surface area contributed by atoms with Gasteiger partial charge in [-0.3, -0.25) is 9.59 Å². The van der Waals surface area contributed by atoms with E-state index in [0.29, 0.717) is 23.1 Å². The van der Waals surface area contributed by atoms with Gasteiger partial charge in [0.1, 0.15) is 5.82 Å². The smallest absolute Gasteiger partial charge is 0.275 e. The number of carbonyl (C=O) groups excluding carboxylic acids is 1. The third-order valence-electron chi connectivity index (χ3n) is 4.56. The van der Waals surface area contributed by atoms with Crippen LogP contribution in [0.1, 0.15) is 21.5 Å². The molecule has 5 nitrogen and oxygen atoms in total. The summed E-state index contributed by atoms with van der Waals surface area (Å²) in [6, 6.07) is 14.5. The maximum absolute atomic E-state index is 13.0. The number of benzene rings is 2. The molecule has 0 aliphatic carbocycles. The summed E-state index contributed by atoms with van der Waals surface area (Å²) in [5, 5.41) is 4.69. The largest absolute Gasteiger partial charge is 0.342 e. The third-order valence-corrected chi connectivity index (χ3v) is 4.56. The summed E-state index contributed by atoms with van der Waals surface area (Å²) in [6.45, 7) is 0.559. The second kappa shape index (κ2) is 6.64. The molecule has 0 aliphatic rings. The number of fused-ring (bicyclic) bond motifs is 1. The van der Waals surface area contributed by atoms with Crippen molar-refractivity contribution in [2.75, 3.05) is 0 Å². The molecule has 0 bridgehead atoms. The summed E-state index contributed by atoms with van der Waals surface area (Å²) in [4.78, 5) is 24.6. The van der Waals surface area contributed by atoms with Gasteiger partial charge in [-0.1, -0.05) is 24.3 Å². The van der Waals surface area contributed by atoms with Crippen LogP contribution in [0.15, 0.2) is 71.8 Å². The number of halogens is 1. The number of nitrogens with zero attached hydrogens (tertiary/aromatic N) is 3. The van der Waals surface area contributed by atoms with Crippen LogP contribution in [0.25, 0.3) is 10.9 Å². The van der Waals surface area contributed by atoms with Gasteiger partial charge in [-0.05, 0) is 35.9 Å². The highest BCUT2D eigenvalue weighted by Gasteiger charge is 2.10. The van der Waals surface area contributed by atoms with Crippen LogP contribution in [0.5, 0.6) is 0 Å². The van der Waals surface area contributed by atoms with Crippen LogP contribution in [-0.4, -0.2) is 20.1 Å². The van der Waals surface area contributed by atoms with Crippen LogP contribution in [0.3, 0.4) is 0 Å². The van der Waals surface area contributed by atoms with Crippen molar-refractivity contribution in [3.8, 4) is 0 Å². The van der Waals surface area contributed by atoms with E-state index in [4.69, 9.17) is 0 Å². The Hall–Kier alpha value is -3.54. The second-order valence-corrected chi connectivity index (χ2v) is 6.35. The highest BCUT2D eigenvalue weighted by atomic mass is 19.1. The monoisotopic (exact) mass is 361 g/mol. The molecule has 0 atom stereocenters. The van der Waals surface area contributed by atoms with Crippen molar-refractivity contribution < 1.29 is 9.18 Å². The van der Waals surface area contributed by atoms with Gasteiger partial charge in [0.15, 0.2) is 5.78 Å². The average molecular weight is 361 g/mol. The Morgan fingerprint density at radius 2 is 1.63 bits per heavy atom. The SMILES string of the molecule is Cn1ncc2c(ccn2Cc2ccc(C(=O)c3ccc(F)cc3)cc2)c1=O. The van der Waals surface area contributed by atoms with Crippen LogP contribution in [0, 0.1) is 5.82 Å². The van der Waals surface area contributed by atoms with Crippen molar-refractivity contribution >= 4 is 16.7 Å². The molecular formula is C21H16FN3O2. The molecule has 2 heterocycles. The first-order chi connectivity index (χ1) is 13.0. The van der Waals surface area contributed by atoms with Gasteiger partial charge in [-0.25, -0.2) is 9.07 Å². The number of hydrogen-bond donors (Lipinski definition) is 0. The van der Waals surface area contributed by atoms with Crippen LogP contribution >= 0.6 is 0 Å². The van der Waals surface area contributed by atoms with Crippen LogP contribution < -0.4 is 5.56 Å². The van der Waals surface area contributed by atoms with Crippen LogP contribution in [0.4, 0.5) is 4.39 Å². The van der Waals surface area contributed by atoms with E-state index < -0.39 is 0 Å². The van der Waals surface area contributed by atoms with Gasteiger partial charge in [0.25, 0.3) is 5.56 Å². The van der Waals surface area contributed by atoms with Crippen molar-refractivity contribution in [2.24, 2.45) is 7.05 Å². The first-order valence-electron chi connectivity index (χ1n) is 8.43. The number of rotatable bonds is 4. The number of aryl methyl sites for hydroxylation is 1. The Labute approximate surface area is 154 Å². The Morgan fingerprint density at radius 1 is 1.00 bits per heavy atom. The first-order valence-corrected chi connectivity index (χ1v) is 8.43. The standard InChI is InChI=1S/C21H16FN3O2/c1-24-21(27)18-10-11-25(19(18)12-23-24)13-14-2-4-15(5-3-14)20(26)16-6-8-17(22)9-7-16/h2-12H,13H2,1H3. The normalized spacial score (nSPS) is 11.0. The van der Waals surface area contributed by atoms with E-state index in [1.807, 2.05) is 22.9 Å². The quantitative estimate of drug-likeness (QED) is 0.525. The lowest BCUT2D eigenvalue weighted by Gasteiger charge is -2.07. The first kappa shape index (κ1) is 16.9. The minimum Gasteiger partial charge on any atom is -0.342 e. The summed E-state index contributed by atoms with van der Waals surface area (Å²) < 4.78 is 16.3.